The Morgan fingerprint density at radius 1 is 1.29 bits per heavy atom. The van der Waals surface area contributed by atoms with Crippen LogP contribution in [-0.2, 0) is 27.7 Å². The Morgan fingerprint density at radius 3 is 2.61 bits per heavy atom. The number of nitrogens with one attached hydrogen (secondary N) is 1. The highest BCUT2D eigenvalue weighted by Gasteiger charge is 2.42. The monoisotopic (exact) mass is 574 g/mol. The van der Waals surface area contributed by atoms with Crippen molar-refractivity contribution in [3.63, 3.8) is 0 Å². The van der Waals surface area contributed by atoms with Crippen molar-refractivity contribution in [1.82, 2.24) is 9.47 Å². The van der Waals surface area contributed by atoms with Crippen LogP contribution in [0.4, 0.5) is 10.2 Å². The van der Waals surface area contributed by atoms with Crippen LogP contribution < -0.4 is 10.9 Å². The number of hydrogen-bond acceptors (Lipinski definition) is 8. The Kier molecular flexibility index (Phi) is 8.40. The molecule has 1 aromatic carbocycles. The molecular formula is C26H27FN4O4S3. The van der Waals surface area contributed by atoms with Crippen molar-refractivity contribution in [2.75, 3.05) is 16.8 Å². The predicted molar refractivity (Wildman–Crippen MR) is 151 cm³/mol. The molecule has 0 aliphatic carbocycles. The molecule has 1 amide bonds. The number of anilines is 1. The second kappa shape index (κ2) is 11.4. The van der Waals surface area contributed by atoms with Gasteiger partial charge in [-0.25, -0.2) is 12.8 Å². The van der Waals surface area contributed by atoms with Gasteiger partial charge in [-0.2, -0.15) is 5.26 Å². The number of thiocarbonyl (C=S) groups is 1. The fourth-order valence-electron chi connectivity index (χ4n) is 4.58. The largest absolute Gasteiger partial charge is 0.367 e. The summed E-state index contributed by atoms with van der Waals surface area (Å²) in [6.07, 6.45) is 3.45. The van der Waals surface area contributed by atoms with E-state index in [1.807, 2.05) is 13.0 Å². The summed E-state index contributed by atoms with van der Waals surface area (Å²) >= 11 is 6.52. The summed E-state index contributed by atoms with van der Waals surface area (Å²) < 4.78 is 39.2. The zero-order valence-electron chi connectivity index (χ0n) is 21.0. The first-order valence-corrected chi connectivity index (χ1v) is 15.2. The van der Waals surface area contributed by atoms with E-state index in [1.165, 1.54) is 21.6 Å². The normalized spacial score (nSPS) is 19.8. The lowest BCUT2D eigenvalue weighted by molar-refractivity contribution is -0.123. The van der Waals surface area contributed by atoms with Gasteiger partial charge < -0.3 is 5.32 Å². The van der Waals surface area contributed by atoms with Crippen molar-refractivity contribution in [3.8, 4) is 6.07 Å². The molecule has 4 rings (SSSR count). The number of benzene rings is 1. The molecule has 12 heteroatoms. The molecule has 0 spiro atoms. The summed E-state index contributed by atoms with van der Waals surface area (Å²) in [5.41, 5.74) is 1.25. The topological polar surface area (TPSA) is 112 Å². The Balaban J connectivity index is 1.79. The predicted octanol–water partition coefficient (Wildman–Crippen LogP) is 3.97. The van der Waals surface area contributed by atoms with Crippen molar-refractivity contribution in [2.24, 2.45) is 0 Å². The third-order valence-electron chi connectivity index (χ3n) is 6.66. The quantitative estimate of drug-likeness (QED) is 0.372. The average Bonchev–Trinajstić information content (AvgIpc) is 3.37. The lowest BCUT2D eigenvalue weighted by Gasteiger charge is -2.21. The fraction of sp³-hybridized carbons (Fsp3) is 0.385. The molecule has 1 N–H and O–H groups in total. The van der Waals surface area contributed by atoms with Gasteiger partial charge in [-0.15, -0.1) is 0 Å². The Labute approximate surface area is 230 Å². The Hall–Kier alpha value is -3.01. The van der Waals surface area contributed by atoms with E-state index in [0.29, 0.717) is 36.3 Å². The van der Waals surface area contributed by atoms with Crippen LogP contribution in [-0.4, -0.2) is 45.7 Å². The van der Waals surface area contributed by atoms with Gasteiger partial charge in [0.25, 0.3) is 11.5 Å². The van der Waals surface area contributed by atoms with Gasteiger partial charge in [-0.3, -0.25) is 19.1 Å². The number of unbranched alkanes of at least 4 members (excludes halogenated alkanes) is 1. The molecule has 1 unspecified atom stereocenters. The van der Waals surface area contributed by atoms with E-state index in [0.717, 1.165) is 23.7 Å². The maximum atomic E-state index is 13.4. The highest BCUT2D eigenvalue weighted by Crippen LogP contribution is 2.38. The number of aromatic nitrogens is 1. The number of nitriles is 1. The van der Waals surface area contributed by atoms with Gasteiger partial charge >= 0.3 is 0 Å². The van der Waals surface area contributed by atoms with Crippen molar-refractivity contribution in [3.05, 3.63) is 67.6 Å². The molecule has 2 saturated heterocycles. The minimum atomic E-state index is -3.22. The van der Waals surface area contributed by atoms with Gasteiger partial charge in [-0.1, -0.05) is 49.5 Å². The van der Waals surface area contributed by atoms with Crippen LogP contribution in [0.1, 0.15) is 48.4 Å². The molecular weight excluding hydrogens is 548 g/mol. The second-order valence-corrected chi connectivity index (χ2v) is 13.2. The number of rotatable bonds is 8. The number of amides is 1. The summed E-state index contributed by atoms with van der Waals surface area (Å²) in [7, 11) is -3.22. The zero-order chi connectivity index (χ0) is 27.6. The first-order valence-electron chi connectivity index (χ1n) is 12.2. The highest BCUT2D eigenvalue weighted by molar-refractivity contribution is 8.26. The minimum Gasteiger partial charge on any atom is -0.367 e. The molecule has 2 aromatic rings. The standard InChI is InChI=1S/C26H27FN4O4S3/c1-3-4-10-30-23(29-14-17-5-7-18(27)8-6-17)20(16(2)21(13-28)24(30)32)12-22-25(33)31(26(36)37-22)19-9-11-38(34,35)15-19/h5-8,12,19,29H,3-4,9-11,14-15H2,1-2H3/b22-12+. The van der Waals surface area contributed by atoms with E-state index in [1.54, 1.807) is 25.1 Å². The molecule has 38 heavy (non-hydrogen) atoms. The number of hydrogen-bond donors (Lipinski definition) is 1. The molecule has 200 valence electrons. The zero-order valence-corrected chi connectivity index (χ0v) is 23.4. The van der Waals surface area contributed by atoms with Gasteiger partial charge in [0.15, 0.2) is 9.84 Å². The van der Waals surface area contributed by atoms with Crippen LogP contribution in [0.15, 0.2) is 34.0 Å². The number of nitrogens with zero attached hydrogens (tertiary/aromatic N) is 3. The lowest BCUT2D eigenvalue weighted by atomic mass is 10.0. The number of carbonyl (C=O) groups excluding carboxylic acids is 1. The number of thioether (sulfide) groups is 1. The second-order valence-electron chi connectivity index (χ2n) is 9.27. The van der Waals surface area contributed by atoms with Crippen LogP contribution in [0.2, 0.25) is 0 Å². The molecule has 1 atom stereocenters. The lowest BCUT2D eigenvalue weighted by Crippen LogP contribution is -2.39. The molecule has 3 heterocycles. The fourth-order valence-corrected chi connectivity index (χ4v) is 7.66. The van der Waals surface area contributed by atoms with Gasteiger partial charge in [0, 0.05) is 18.7 Å². The first-order chi connectivity index (χ1) is 18.1. The SMILES string of the molecule is CCCCn1c(NCc2ccc(F)cc2)c(/C=C2/SC(=S)N(C3CCS(=O)(=O)C3)C2=O)c(C)c(C#N)c1=O. The summed E-state index contributed by atoms with van der Waals surface area (Å²) in [4.78, 5) is 28.3. The van der Waals surface area contributed by atoms with Gasteiger partial charge in [0.05, 0.1) is 22.5 Å². The number of sulfone groups is 1. The minimum absolute atomic E-state index is 0.0122. The summed E-state index contributed by atoms with van der Waals surface area (Å²) in [5.74, 6) is -0.427. The van der Waals surface area contributed by atoms with Crippen LogP contribution in [0.3, 0.4) is 0 Å². The number of halogens is 1. The van der Waals surface area contributed by atoms with Crippen LogP contribution in [0.25, 0.3) is 6.08 Å². The maximum absolute atomic E-state index is 13.4. The van der Waals surface area contributed by atoms with Crippen molar-refractivity contribution >= 4 is 55.9 Å². The van der Waals surface area contributed by atoms with Gasteiger partial charge in [-0.05, 0) is 49.1 Å². The molecule has 0 bridgehead atoms. The maximum Gasteiger partial charge on any atom is 0.270 e. The molecule has 8 nitrogen and oxygen atoms in total. The third-order valence-corrected chi connectivity index (χ3v) is 9.74. The van der Waals surface area contributed by atoms with E-state index < -0.39 is 27.3 Å². The number of pyridine rings is 1. The summed E-state index contributed by atoms with van der Waals surface area (Å²) in [6.45, 7) is 4.28. The molecule has 1 aromatic heterocycles. The van der Waals surface area contributed by atoms with E-state index in [-0.39, 0.29) is 38.7 Å². The van der Waals surface area contributed by atoms with Crippen LogP contribution in [0, 0.1) is 24.1 Å². The van der Waals surface area contributed by atoms with Crippen LogP contribution >= 0.6 is 24.0 Å². The molecule has 0 saturated carbocycles. The Morgan fingerprint density at radius 2 is 2.00 bits per heavy atom. The molecule has 2 aliphatic rings. The average molecular weight is 575 g/mol. The van der Waals surface area contributed by atoms with E-state index >= 15 is 0 Å². The smallest absolute Gasteiger partial charge is 0.270 e. The van der Waals surface area contributed by atoms with E-state index in [2.05, 4.69) is 5.32 Å². The van der Waals surface area contributed by atoms with Crippen molar-refractivity contribution in [2.45, 2.75) is 52.2 Å². The molecule has 0 radical (unpaired) electrons. The molecule has 2 fully saturated rings. The first kappa shape index (κ1) is 28.0. The van der Waals surface area contributed by atoms with Crippen LogP contribution in [0.5, 0.6) is 0 Å². The van der Waals surface area contributed by atoms with Crippen molar-refractivity contribution in [1.29, 1.82) is 5.26 Å². The Bertz CT molecular complexity index is 1530. The third kappa shape index (κ3) is 5.70. The highest BCUT2D eigenvalue weighted by atomic mass is 32.2. The summed E-state index contributed by atoms with van der Waals surface area (Å²) in [5, 5.41) is 13.1. The van der Waals surface area contributed by atoms with E-state index in [9.17, 15) is 27.7 Å². The molecule has 2 aliphatic heterocycles. The van der Waals surface area contributed by atoms with Gasteiger partial charge in [0.1, 0.15) is 27.6 Å². The van der Waals surface area contributed by atoms with E-state index in [4.69, 9.17) is 12.2 Å². The van der Waals surface area contributed by atoms with Gasteiger partial charge in [0.2, 0.25) is 0 Å². The summed E-state index contributed by atoms with van der Waals surface area (Å²) in [6, 6.07) is 7.46. The van der Waals surface area contributed by atoms with Crippen molar-refractivity contribution < 1.29 is 17.6 Å². The number of carbonyl (C=O) groups is 1.